The molecule has 2 amide bonds. The Labute approximate surface area is 180 Å². The Morgan fingerprint density at radius 3 is 2.39 bits per heavy atom. The molecule has 1 fully saturated rings. The molecular weight excluding hydrogens is 395 g/mol. The maximum atomic E-state index is 13.1. The third kappa shape index (κ3) is 5.09. The fourth-order valence-electron chi connectivity index (χ4n) is 3.51. The average Bonchev–Trinajstić information content (AvgIpc) is 3.23. The van der Waals surface area contributed by atoms with E-state index in [2.05, 4.69) is 5.32 Å². The Morgan fingerprint density at radius 1 is 0.968 bits per heavy atom. The van der Waals surface area contributed by atoms with Crippen LogP contribution in [0.1, 0.15) is 34.3 Å². The van der Waals surface area contributed by atoms with Gasteiger partial charge in [0.15, 0.2) is 0 Å². The molecule has 0 bridgehead atoms. The summed E-state index contributed by atoms with van der Waals surface area (Å²) in [4.78, 5) is 26.4. The van der Waals surface area contributed by atoms with Crippen LogP contribution in [0.2, 0.25) is 0 Å². The first-order valence-corrected chi connectivity index (χ1v) is 10.2. The highest BCUT2D eigenvalue weighted by atomic mass is 19.1. The molecule has 158 valence electrons. The van der Waals surface area contributed by atoms with Gasteiger partial charge in [-0.3, -0.25) is 9.59 Å². The summed E-state index contributed by atoms with van der Waals surface area (Å²) in [5, 5.41) is 2.91. The summed E-state index contributed by atoms with van der Waals surface area (Å²) in [5.74, 6) is 0.0719. The number of amides is 2. The zero-order valence-electron chi connectivity index (χ0n) is 17.0. The maximum absolute atomic E-state index is 13.1. The number of ether oxygens (including phenoxy) is 1. The number of rotatable bonds is 7. The second kappa shape index (κ2) is 9.43. The number of carbonyl (C=O) groups excluding carboxylic acids is 2. The zero-order valence-corrected chi connectivity index (χ0v) is 17.0. The Hall–Kier alpha value is -3.67. The summed E-state index contributed by atoms with van der Waals surface area (Å²) in [6.07, 6.45) is 1.49. The van der Waals surface area contributed by atoms with E-state index in [1.54, 1.807) is 41.3 Å². The number of para-hydroxylation sites is 1. The predicted molar refractivity (Wildman–Crippen MR) is 116 cm³/mol. The molecule has 0 atom stereocenters. The number of hydrogen-bond donors (Lipinski definition) is 1. The third-order valence-electron chi connectivity index (χ3n) is 5.21. The van der Waals surface area contributed by atoms with Crippen LogP contribution in [0.4, 0.5) is 10.1 Å². The lowest BCUT2D eigenvalue weighted by Crippen LogP contribution is -2.24. The molecule has 4 rings (SSSR count). The smallest absolute Gasteiger partial charge is 0.255 e. The summed E-state index contributed by atoms with van der Waals surface area (Å²) in [5.41, 5.74) is 3.07. The standard InChI is InChI=1S/C25H23FN2O3/c26-20-11-7-19(8-12-20)17-31-23-5-2-1-4-22(23)25(30)27-16-18-9-13-21(14-10-18)28-15-3-6-24(28)29/h1-2,4-5,7-14H,3,6,15-17H2,(H,27,30). The minimum absolute atomic E-state index is 0.151. The number of carbonyl (C=O) groups is 2. The van der Waals surface area contributed by atoms with Gasteiger partial charge in [-0.1, -0.05) is 36.4 Å². The van der Waals surface area contributed by atoms with E-state index in [0.717, 1.165) is 29.8 Å². The van der Waals surface area contributed by atoms with Crippen molar-refractivity contribution in [3.8, 4) is 5.75 Å². The van der Waals surface area contributed by atoms with E-state index in [1.807, 2.05) is 24.3 Å². The van der Waals surface area contributed by atoms with Gasteiger partial charge in [-0.15, -0.1) is 0 Å². The maximum Gasteiger partial charge on any atom is 0.255 e. The molecule has 1 N–H and O–H groups in total. The lowest BCUT2D eigenvalue weighted by atomic mass is 10.1. The first-order chi connectivity index (χ1) is 15.1. The lowest BCUT2D eigenvalue weighted by molar-refractivity contribution is -0.117. The van der Waals surface area contributed by atoms with Gasteiger partial charge in [0, 0.05) is 25.2 Å². The monoisotopic (exact) mass is 418 g/mol. The van der Waals surface area contributed by atoms with Crippen LogP contribution < -0.4 is 15.0 Å². The van der Waals surface area contributed by atoms with Crippen molar-refractivity contribution in [2.45, 2.75) is 26.0 Å². The summed E-state index contributed by atoms with van der Waals surface area (Å²) in [7, 11) is 0. The van der Waals surface area contributed by atoms with Gasteiger partial charge < -0.3 is 15.0 Å². The van der Waals surface area contributed by atoms with Gasteiger partial charge in [0.2, 0.25) is 5.91 Å². The van der Waals surface area contributed by atoms with E-state index >= 15 is 0 Å². The van der Waals surface area contributed by atoms with Crippen LogP contribution in [-0.2, 0) is 17.9 Å². The minimum Gasteiger partial charge on any atom is -0.488 e. The largest absolute Gasteiger partial charge is 0.488 e. The molecule has 3 aromatic carbocycles. The van der Waals surface area contributed by atoms with Crippen LogP contribution in [0.15, 0.2) is 72.8 Å². The molecule has 31 heavy (non-hydrogen) atoms. The molecule has 3 aromatic rings. The Morgan fingerprint density at radius 2 is 1.68 bits per heavy atom. The van der Waals surface area contributed by atoms with Gasteiger partial charge in [0.1, 0.15) is 18.2 Å². The molecule has 1 heterocycles. The van der Waals surface area contributed by atoms with E-state index in [-0.39, 0.29) is 24.2 Å². The molecule has 1 aliphatic rings. The van der Waals surface area contributed by atoms with Crippen molar-refractivity contribution in [3.05, 3.63) is 95.3 Å². The fraction of sp³-hybridized carbons (Fsp3) is 0.200. The van der Waals surface area contributed by atoms with Crippen molar-refractivity contribution in [1.29, 1.82) is 0 Å². The Kier molecular flexibility index (Phi) is 6.26. The van der Waals surface area contributed by atoms with Gasteiger partial charge in [-0.05, 0) is 53.9 Å². The van der Waals surface area contributed by atoms with Gasteiger partial charge in [-0.2, -0.15) is 0 Å². The lowest BCUT2D eigenvalue weighted by Gasteiger charge is -2.16. The van der Waals surface area contributed by atoms with Crippen molar-refractivity contribution in [2.24, 2.45) is 0 Å². The van der Waals surface area contributed by atoms with Crippen molar-refractivity contribution in [2.75, 3.05) is 11.4 Å². The van der Waals surface area contributed by atoms with Gasteiger partial charge in [0.05, 0.1) is 5.56 Å². The first-order valence-electron chi connectivity index (χ1n) is 10.2. The van der Waals surface area contributed by atoms with E-state index in [9.17, 15) is 14.0 Å². The molecule has 0 radical (unpaired) electrons. The number of nitrogens with one attached hydrogen (secondary N) is 1. The number of nitrogens with zero attached hydrogens (tertiary/aromatic N) is 1. The quantitative estimate of drug-likeness (QED) is 0.616. The van der Waals surface area contributed by atoms with Gasteiger partial charge in [-0.25, -0.2) is 4.39 Å². The van der Waals surface area contributed by atoms with Crippen LogP contribution in [-0.4, -0.2) is 18.4 Å². The summed E-state index contributed by atoms with van der Waals surface area (Å²) >= 11 is 0. The SMILES string of the molecule is O=C(NCc1ccc(N2CCCC2=O)cc1)c1ccccc1OCc1ccc(F)cc1. The number of anilines is 1. The van der Waals surface area contributed by atoms with Crippen molar-refractivity contribution in [1.82, 2.24) is 5.32 Å². The third-order valence-corrected chi connectivity index (χ3v) is 5.21. The first kappa shape index (κ1) is 20.6. The summed E-state index contributed by atoms with van der Waals surface area (Å²) in [6, 6.07) is 20.7. The van der Waals surface area contributed by atoms with E-state index in [1.165, 1.54) is 12.1 Å². The van der Waals surface area contributed by atoms with Gasteiger partial charge in [0.25, 0.3) is 5.91 Å². The highest BCUT2D eigenvalue weighted by Gasteiger charge is 2.21. The van der Waals surface area contributed by atoms with Crippen LogP contribution >= 0.6 is 0 Å². The second-order valence-electron chi connectivity index (χ2n) is 7.41. The predicted octanol–water partition coefficient (Wildman–Crippen LogP) is 4.46. The fourth-order valence-corrected chi connectivity index (χ4v) is 3.51. The topological polar surface area (TPSA) is 58.6 Å². The number of hydrogen-bond acceptors (Lipinski definition) is 3. The van der Waals surface area contributed by atoms with Crippen LogP contribution in [0.3, 0.4) is 0 Å². The van der Waals surface area contributed by atoms with Crippen LogP contribution in [0, 0.1) is 5.82 Å². The normalized spacial score (nSPS) is 13.3. The highest BCUT2D eigenvalue weighted by Crippen LogP contribution is 2.22. The molecule has 1 saturated heterocycles. The van der Waals surface area contributed by atoms with E-state index in [0.29, 0.717) is 24.3 Å². The van der Waals surface area contributed by atoms with Crippen LogP contribution in [0.25, 0.3) is 0 Å². The molecule has 0 spiro atoms. The molecule has 5 nitrogen and oxygen atoms in total. The minimum atomic E-state index is -0.302. The second-order valence-corrected chi connectivity index (χ2v) is 7.41. The Balaban J connectivity index is 1.36. The molecule has 0 aromatic heterocycles. The van der Waals surface area contributed by atoms with Crippen molar-refractivity contribution >= 4 is 17.5 Å². The van der Waals surface area contributed by atoms with E-state index < -0.39 is 0 Å². The average molecular weight is 418 g/mol. The number of halogens is 1. The Bertz CT molecular complexity index is 1060. The molecule has 0 aliphatic carbocycles. The summed E-state index contributed by atoms with van der Waals surface area (Å²) in [6.45, 7) is 1.35. The molecule has 0 unspecified atom stereocenters. The van der Waals surface area contributed by atoms with E-state index in [4.69, 9.17) is 4.74 Å². The molecular formula is C25H23FN2O3. The van der Waals surface area contributed by atoms with Gasteiger partial charge >= 0.3 is 0 Å². The molecule has 0 saturated carbocycles. The molecule has 1 aliphatic heterocycles. The number of benzene rings is 3. The van der Waals surface area contributed by atoms with Crippen LogP contribution in [0.5, 0.6) is 5.75 Å². The van der Waals surface area contributed by atoms with Crippen molar-refractivity contribution < 1.29 is 18.7 Å². The van der Waals surface area contributed by atoms with Crippen molar-refractivity contribution in [3.63, 3.8) is 0 Å². The highest BCUT2D eigenvalue weighted by molar-refractivity contribution is 5.97. The summed E-state index contributed by atoms with van der Waals surface area (Å²) < 4.78 is 18.8. The zero-order chi connectivity index (χ0) is 21.6. The molecule has 6 heteroatoms.